The van der Waals surface area contributed by atoms with Crippen molar-refractivity contribution in [3.8, 4) is 0 Å². The number of alkyl halides is 1. The van der Waals surface area contributed by atoms with Gasteiger partial charge in [-0.05, 0) is 27.9 Å². The molecule has 2 nitrogen and oxygen atoms in total. The van der Waals surface area contributed by atoms with E-state index in [1.165, 1.54) is 0 Å². The minimum absolute atomic E-state index is 0.176. The van der Waals surface area contributed by atoms with E-state index in [1.807, 2.05) is 6.07 Å². The lowest BCUT2D eigenvalue weighted by Gasteiger charge is -2.20. The molecule has 1 rings (SSSR count). The van der Waals surface area contributed by atoms with Crippen LogP contribution in [-0.2, 0) is 0 Å². The van der Waals surface area contributed by atoms with Crippen molar-refractivity contribution in [2.45, 2.75) is 32.1 Å². The maximum absolute atomic E-state index is 6.36. The first-order valence-corrected chi connectivity index (χ1v) is 6.89. The van der Waals surface area contributed by atoms with Crippen LogP contribution in [0.15, 0.2) is 22.9 Å². The molecule has 1 unspecified atom stereocenters. The number of anilines is 1. The summed E-state index contributed by atoms with van der Waals surface area (Å²) in [5, 5.41) is 3.52. The van der Waals surface area contributed by atoms with Gasteiger partial charge in [-0.25, -0.2) is 0 Å². The largest absolute Gasteiger partial charge is 0.383 e. The fraction of sp³-hybridized carbons (Fsp3) is 0.583. The highest BCUT2D eigenvalue weighted by atomic mass is 79.9. The fourth-order valence-electron chi connectivity index (χ4n) is 1.69. The zero-order chi connectivity index (χ0) is 12.0. The zero-order valence-electron chi connectivity index (χ0n) is 9.71. The zero-order valence-corrected chi connectivity index (χ0v) is 12.1. The second-order valence-electron chi connectivity index (χ2n) is 3.83. The van der Waals surface area contributed by atoms with E-state index in [-0.39, 0.29) is 5.38 Å². The molecule has 0 aromatic carbocycles. The van der Waals surface area contributed by atoms with Gasteiger partial charge in [-0.2, -0.15) is 0 Å². The normalized spacial score (nSPS) is 12.8. The van der Waals surface area contributed by atoms with Crippen LogP contribution in [0.1, 0.15) is 26.7 Å². The fourth-order valence-corrected chi connectivity index (χ4v) is 2.52. The smallest absolute Gasteiger partial charge is 0.0590 e. The van der Waals surface area contributed by atoms with Crippen molar-refractivity contribution in [3.05, 3.63) is 22.9 Å². The van der Waals surface area contributed by atoms with Crippen molar-refractivity contribution in [2.75, 3.05) is 11.9 Å². The van der Waals surface area contributed by atoms with Crippen LogP contribution in [-0.4, -0.2) is 16.9 Å². The Morgan fingerprint density at radius 1 is 1.44 bits per heavy atom. The van der Waals surface area contributed by atoms with Crippen LogP contribution in [0.2, 0.25) is 0 Å². The van der Waals surface area contributed by atoms with Crippen LogP contribution >= 0.6 is 27.5 Å². The number of rotatable bonds is 6. The Bertz CT molecular complexity index is 316. The molecule has 1 aromatic heterocycles. The van der Waals surface area contributed by atoms with E-state index in [4.69, 9.17) is 11.6 Å². The molecule has 90 valence electrons. The summed E-state index contributed by atoms with van der Waals surface area (Å²) in [7, 11) is 0. The van der Waals surface area contributed by atoms with Crippen molar-refractivity contribution >= 4 is 33.2 Å². The average Bonchev–Trinajstić information content (AvgIpc) is 2.29. The molecule has 0 amide bonds. The number of hydrogen-bond acceptors (Lipinski definition) is 2. The lowest BCUT2D eigenvalue weighted by molar-refractivity contribution is 0.475. The van der Waals surface area contributed by atoms with E-state index < -0.39 is 0 Å². The Morgan fingerprint density at radius 3 is 2.69 bits per heavy atom. The molecule has 0 aliphatic rings. The van der Waals surface area contributed by atoms with Gasteiger partial charge in [0.15, 0.2) is 0 Å². The van der Waals surface area contributed by atoms with Gasteiger partial charge in [0.05, 0.1) is 15.5 Å². The third-order valence-corrected chi connectivity index (χ3v) is 3.96. The van der Waals surface area contributed by atoms with E-state index in [0.29, 0.717) is 5.92 Å². The molecule has 1 heterocycles. The van der Waals surface area contributed by atoms with Crippen LogP contribution in [0, 0.1) is 5.92 Å². The van der Waals surface area contributed by atoms with Crippen LogP contribution < -0.4 is 5.32 Å². The van der Waals surface area contributed by atoms with Gasteiger partial charge < -0.3 is 5.32 Å². The number of aromatic nitrogens is 1. The number of halogens is 2. The molecule has 4 heteroatoms. The summed E-state index contributed by atoms with van der Waals surface area (Å²) in [6.45, 7) is 5.16. The second-order valence-corrected chi connectivity index (χ2v) is 5.24. The van der Waals surface area contributed by atoms with Crippen LogP contribution in [0.5, 0.6) is 0 Å². The molecule has 1 N–H and O–H groups in total. The predicted octanol–water partition coefficient (Wildman–Crippen LogP) is 4.30. The molecule has 0 bridgehead atoms. The van der Waals surface area contributed by atoms with E-state index in [2.05, 4.69) is 40.1 Å². The molecule has 0 radical (unpaired) electrons. The molecule has 0 spiro atoms. The maximum atomic E-state index is 6.36. The number of nitrogens with one attached hydrogen (secondary N) is 1. The van der Waals surface area contributed by atoms with E-state index in [9.17, 15) is 0 Å². The van der Waals surface area contributed by atoms with E-state index in [0.717, 1.165) is 29.5 Å². The second kappa shape index (κ2) is 7.13. The minimum atomic E-state index is 0.176. The summed E-state index contributed by atoms with van der Waals surface area (Å²) in [6.07, 6.45) is 5.81. The van der Waals surface area contributed by atoms with Gasteiger partial charge >= 0.3 is 0 Å². The summed E-state index contributed by atoms with van der Waals surface area (Å²) >= 11 is 9.81. The molecule has 0 aliphatic heterocycles. The standard InChI is InChI=1S/C12H18BrClN2/c1-3-9(4-2)11(14)8-16-12-5-6-15-7-10(12)13/h5-7,9,11H,3-4,8H2,1-2H3,(H,15,16). The van der Waals surface area contributed by atoms with Gasteiger partial charge in [0.1, 0.15) is 0 Å². The first kappa shape index (κ1) is 13.8. The average molecular weight is 306 g/mol. The topological polar surface area (TPSA) is 24.9 Å². The Labute approximate surface area is 111 Å². The highest BCUT2D eigenvalue weighted by molar-refractivity contribution is 9.10. The van der Waals surface area contributed by atoms with E-state index >= 15 is 0 Å². The Hall–Kier alpha value is -0.280. The van der Waals surface area contributed by atoms with Crippen LogP contribution in [0.3, 0.4) is 0 Å². The molecule has 1 aromatic rings. The molecule has 0 saturated carbocycles. The summed E-state index contributed by atoms with van der Waals surface area (Å²) in [6, 6.07) is 1.95. The van der Waals surface area contributed by atoms with E-state index in [1.54, 1.807) is 12.4 Å². The van der Waals surface area contributed by atoms with Gasteiger partial charge in [0, 0.05) is 18.9 Å². The predicted molar refractivity (Wildman–Crippen MR) is 74.1 cm³/mol. The van der Waals surface area contributed by atoms with Crippen molar-refractivity contribution < 1.29 is 0 Å². The maximum Gasteiger partial charge on any atom is 0.0590 e. The van der Waals surface area contributed by atoms with Crippen molar-refractivity contribution in [1.29, 1.82) is 0 Å². The van der Waals surface area contributed by atoms with Gasteiger partial charge in [-0.3, -0.25) is 4.98 Å². The molecule has 0 saturated heterocycles. The first-order chi connectivity index (χ1) is 7.69. The minimum Gasteiger partial charge on any atom is -0.383 e. The molecular formula is C12H18BrClN2. The van der Waals surface area contributed by atoms with Gasteiger partial charge in [0.2, 0.25) is 0 Å². The summed E-state index contributed by atoms with van der Waals surface area (Å²) in [5.74, 6) is 0.578. The Morgan fingerprint density at radius 2 is 2.12 bits per heavy atom. The number of hydrogen-bond donors (Lipinski definition) is 1. The Balaban J connectivity index is 2.48. The van der Waals surface area contributed by atoms with Gasteiger partial charge in [-0.1, -0.05) is 26.7 Å². The van der Waals surface area contributed by atoms with Crippen LogP contribution in [0.4, 0.5) is 5.69 Å². The highest BCUT2D eigenvalue weighted by Crippen LogP contribution is 2.23. The third kappa shape index (κ3) is 3.95. The molecule has 1 atom stereocenters. The van der Waals surface area contributed by atoms with Gasteiger partial charge in [-0.15, -0.1) is 11.6 Å². The van der Waals surface area contributed by atoms with Crippen molar-refractivity contribution in [3.63, 3.8) is 0 Å². The quantitative estimate of drug-likeness (QED) is 0.793. The van der Waals surface area contributed by atoms with Gasteiger partial charge in [0.25, 0.3) is 0 Å². The summed E-state index contributed by atoms with van der Waals surface area (Å²) in [4.78, 5) is 4.02. The summed E-state index contributed by atoms with van der Waals surface area (Å²) in [5.41, 5.74) is 1.05. The Kier molecular flexibility index (Phi) is 6.14. The number of pyridine rings is 1. The highest BCUT2D eigenvalue weighted by Gasteiger charge is 2.15. The number of nitrogens with zero attached hydrogens (tertiary/aromatic N) is 1. The van der Waals surface area contributed by atoms with Crippen LogP contribution in [0.25, 0.3) is 0 Å². The monoisotopic (exact) mass is 304 g/mol. The molecule has 0 aliphatic carbocycles. The lowest BCUT2D eigenvalue weighted by Crippen LogP contribution is -2.22. The summed E-state index contributed by atoms with van der Waals surface area (Å²) < 4.78 is 0.975. The SMILES string of the molecule is CCC(CC)C(Cl)CNc1ccncc1Br. The first-order valence-electron chi connectivity index (χ1n) is 5.66. The molecule has 0 fully saturated rings. The lowest BCUT2D eigenvalue weighted by atomic mass is 9.99. The van der Waals surface area contributed by atoms with Crippen molar-refractivity contribution in [2.24, 2.45) is 5.92 Å². The molecule has 16 heavy (non-hydrogen) atoms. The third-order valence-electron chi connectivity index (χ3n) is 2.82. The van der Waals surface area contributed by atoms with Crippen molar-refractivity contribution in [1.82, 2.24) is 4.98 Å². The molecular weight excluding hydrogens is 288 g/mol.